The second-order valence-electron chi connectivity index (χ2n) is 6.74. The van der Waals surface area contributed by atoms with Gasteiger partial charge in [-0.05, 0) is 27.2 Å². The molecule has 8 nitrogen and oxygen atoms in total. The second-order valence-corrected chi connectivity index (χ2v) is 6.74. The van der Waals surface area contributed by atoms with E-state index >= 15 is 0 Å². The summed E-state index contributed by atoms with van der Waals surface area (Å²) in [5.41, 5.74) is -2.87. The summed E-state index contributed by atoms with van der Waals surface area (Å²) in [5.74, 6) is -3.63. The van der Waals surface area contributed by atoms with Crippen LogP contribution in [0.5, 0.6) is 0 Å². The van der Waals surface area contributed by atoms with Crippen LogP contribution in [0.3, 0.4) is 0 Å². The summed E-state index contributed by atoms with van der Waals surface area (Å²) in [4.78, 5) is 49.9. The number of carbonyl (C=O) groups excluding carboxylic acids is 4. The summed E-state index contributed by atoms with van der Waals surface area (Å²) in [5, 5.41) is 0. The molecule has 1 heterocycles. The Hall–Kier alpha value is -2.12. The Morgan fingerprint density at radius 1 is 1.00 bits per heavy atom. The summed E-state index contributed by atoms with van der Waals surface area (Å²) < 4.78 is 20.4. The fourth-order valence-corrected chi connectivity index (χ4v) is 2.82. The molecule has 0 aliphatic carbocycles. The number of carbonyl (C=O) groups is 4. The third-order valence-electron chi connectivity index (χ3n) is 4.48. The van der Waals surface area contributed by atoms with Gasteiger partial charge in [-0.15, -0.1) is 0 Å². The molecule has 0 unspecified atom stereocenters. The Balaban J connectivity index is 3.39. The third kappa shape index (κ3) is 4.53. The highest BCUT2D eigenvalue weighted by Crippen LogP contribution is 2.42. The first-order chi connectivity index (χ1) is 12.2. The summed E-state index contributed by atoms with van der Waals surface area (Å²) >= 11 is 0. The van der Waals surface area contributed by atoms with Crippen molar-refractivity contribution in [3.8, 4) is 0 Å². The largest absolute Gasteiger partial charge is 0.465 e. The van der Waals surface area contributed by atoms with E-state index in [9.17, 15) is 19.2 Å². The molecule has 8 heteroatoms. The second kappa shape index (κ2) is 9.00. The van der Waals surface area contributed by atoms with Crippen LogP contribution >= 0.6 is 0 Å². The van der Waals surface area contributed by atoms with Crippen molar-refractivity contribution < 1.29 is 38.1 Å². The first-order valence-electron chi connectivity index (χ1n) is 8.86. The summed E-state index contributed by atoms with van der Waals surface area (Å²) in [6, 6.07) is 0. The number of cyclic esters (lactones) is 1. The molecule has 0 saturated carbocycles. The number of esters is 4. The fourth-order valence-electron chi connectivity index (χ4n) is 2.82. The van der Waals surface area contributed by atoms with E-state index < -0.39 is 40.8 Å². The van der Waals surface area contributed by atoms with Crippen molar-refractivity contribution in [2.45, 2.75) is 60.0 Å². The van der Waals surface area contributed by atoms with E-state index in [-0.39, 0.29) is 32.7 Å². The van der Waals surface area contributed by atoms with E-state index in [0.717, 1.165) is 0 Å². The predicted octanol–water partition coefficient (Wildman–Crippen LogP) is 1.78. The maximum absolute atomic E-state index is 12.7. The molecule has 1 atom stereocenters. The van der Waals surface area contributed by atoms with Crippen molar-refractivity contribution in [2.75, 3.05) is 19.8 Å². The first-order valence-corrected chi connectivity index (χ1v) is 8.86. The molecule has 1 aliphatic heterocycles. The highest BCUT2D eigenvalue weighted by atomic mass is 16.6. The molecule has 1 aliphatic rings. The Labute approximate surface area is 153 Å². The maximum atomic E-state index is 12.7. The van der Waals surface area contributed by atoms with Crippen LogP contribution in [0, 0.1) is 10.8 Å². The molecule has 1 saturated heterocycles. The topological polar surface area (TPSA) is 105 Å². The van der Waals surface area contributed by atoms with Gasteiger partial charge in [0.2, 0.25) is 0 Å². The molecule has 0 N–H and O–H groups in total. The lowest BCUT2D eigenvalue weighted by molar-refractivity contribution is -0.193. The van der Waals surface area contributed by atoms with Crippen molar-refractivity contribution in [1.82, 2.24) is 0 Å². The monoisotopic (exact) mass is 372 g/mol. The van der Waals surface area contributed by atoms with Gasteiger partial charge < -0.3 is 18.9 Å². The highest BCUT2D eigenvalue weighted by molar-refractivity contribution is 6.18. The smallest absolute Gasteiger partial charge is 0.335 e. The summed E-state index contributed by atoms with van der Waals surface area (Å²) in [6.45, 7) is 8.26. The Bertz CT molecular complexity index is 506. The zero-order valence-electron chi connectivity index (χ0n) is 16.1. The van der Waals surface area contributed by atoms with Crippen molar-refractivity contribution in [3.05, 3.63) is 0 Å². The molecule has 0 aromatic heterocycles. The molecular weight excluding hydrogens is 344 g/mol. The van der Waals surface area contributed by atoms with Crippen molar-refractivity contribution in [3.63, 3.8) is 0 Å². The summed E-state index contributed by atoms with van der Waals surface area (Å²) in [7, 11) is 0. The zero-order chi connectivity index (χ0) is 20.0. The zero-order valence-corrected chi connectivity index (χ0v) is 16.1. The van der Waals surface area contributed by atoms with Gasteiger partial charge in [0.15, 0.2) is 0 Å². The Morgan fingerprint density at radius 3 is 1.81 bits per heavy atom. The average molecular weight is 372 g/mol. The van der Waals surface area contributed by atoms with Gasteiger partial charge in [0.1, 0.15) is 6.10 Å². The Morgan fingerprint density at radius 2 is 1.42 bits per heavy atom. The predicted molar refractivity (Wildman–Crippen MR) is 89.8 cm³/mol. The maximum Gasteiger partial charge on any atom is 0.335 e. The van der Waals surface area contributed by atoms with Crippen LogP contribution in [0.25, 0.3) is 0 Å². The SMILES string of the molecule is CCOC(=O)C(C[C@@H]1OC(=O)CCC1(C)C)(C(=O)OCC)C(=O)OCC. The van der Waals surface area contributed by atoms with Crippen LogP contribution in [0.4, 0.5) is 0 Å². The van der Waals surface area contributed by atoms with Crippen molar-refractivity contribution in [1.29, 1.82) is 0 Å². The molecule has 0 radical (unpaired) electrons. The molecule has 1 rings (SSSR count). The first kappa shape index (κ1) is 21.9. The lowest BCUT2D eigenvalue weighted by Crippen LogP contribution is -2.54. The van der Waals surface area contributed by atoms with Crippen LogP contribution in [-0.2, 0) is 38.1 Å². The minimum Gasteiger partial charge on any atom is -0.465 e. The van der Waals surface area contributed by atoms with Crippen LogP contribution < -0.4 is 0 Å². The van der Waals surface area contributed by atoms with Gasteiger partial charge in [-0.3, -0.25) is 19.2 Å². The molecule has 0 amide bonds. The molecule has 0 aromatic rings. The minimum atomic E-state index is -2.33. The molecule has 0 aromatic carbocycles. The van der Waals surface area contributed by atoms with Gasteiger partial charge in [-0.2, -0.15) is 0 Å². The van der Waals surface area contributed by atoms with Gasteiger partial charge in [-0.25, -0.2) is 0 Å². The molecule has 148 valence electrons. The molecule has 0 bridgehead atoms. The quantitative estimate of drug-likeness (QED) is 0.361. The fraction of sp³-hybridized carbons (Fsp3) is 0.778. The highest BCUT2D eigenvalue weighted by Gasteiger charge is 2.60. The lowest BCUT2D eigenvalue weighted by atomic mass is 9.71. The van der Waals surface area contributed by atoms with Crippen LogP contribution in [0.2, 0.25) is 0 Å². The normalized spacial score (nSPS) is 19.3. The van der Waals surface area contributed by atoms with Gasteiger partial charge in [-0.1, -0.05) is 13.8 Å². The van der Waals surface area contributed by atoms with E-state index in [0.29, 0.717) is 6.42 Å². The van der Waals surface area contributed by atoms with E-state index in [2.05, 4.69) is 0 Å². The van der Waals surface area contributed by atoms with E-state index in [1.54, 1.807) is 20.8 Å². The molecule has 0 spiro atoms. The molecular formula is C18H28O8. The Kier molecular flexibility index (Phi) is 7.59. The third-order valence-corrected chi connectivity index (χ3v) is 4.48. The van der Waals surface area contributed by atoms with Crippen molar-refractivity contribution in [2.24, 2.45) is 10.8 Å². The van der Waals surface area contributed by atoms with E-state index in [4.69, 9.17) is 18.9 Å². The van der Waals surface area contributed by atoms with Crippen LogP contribution in [-0.4, -0.2) is 49.8 Å². The molecule has 26 heavy (non-hydrogen) atoms. The average Bonchev–Trinajstić information content (AvgIpc) is 2.56. The summed E-state index contributed by atoms with van der Waals surface area (Å²) in [6.07, 6.45) is -0.500. The number of hydrogen-bond donors (Lipinski definition) is 0. The van der Waals surface area contributed by atoms with Crippen LogP contribution in [0.15, 0.2) is 0 Å². The van der Waals surface area contributed by atoms with E-state index in [1.165, 1.54) is 0 Å². The number of rotatable bonds is 8. The van der Waals surface area contributed by atoms with Gasteiger partial charge >= 0.3 is 23.9 Å². The molecule has 1 fully saturated rings. The number of hydrogen-bond acceptors (Lipinski definition) is 8. The van der Waals surface area contributed by atoms with Crippen molar-refractivity contribution >= 4 is 23.9 Å². The van der Waals surface area contributed by atoms with Gasteiger partial charge in [0.25, 0.3) is 5.41 Å². The number of ether oxygens (including phenoxy) is 4. The standard InChI is InChI=1S/C18H28O8/c1-6-23-14(20)18(15(21)24-7-2,16(22)25-8-3)11-12-17(4,5)10-9-13(19)26-12/h12H,6-11H2,1-5H3/t12-/m0/s1. The van der Waals surface area contributed by atoms with E-state index in [1.807, 2.05) is 13.8 Å². The van der Waals surface area contributed by atoms with Gasteiger partial charge in [0.05, 0.1) is 19.8 Å². The van der Waals surface area contributed by atoms with Crippen LogP contribution in [0.1, 0.15) is 53.9 Å². The van der Waals surface area contributed by atoms with Gasteiger partial charge in [0, 0.05) is 18.3 Å². The minimum absolute atomic E-state index is 0.0345. The lowest BCUT2D eigenvalue weighted by Gasteiger charge is -2.40.